The van der Waals surface area contributed by atoms with Gasteiger partial charge in [-0.05, 0) is 13.8 Å². The summed E-state index contributed by atoms with van der Waals surface area (Å²) in [5.41, 5.74) is 0.899. The van der Waals surface area contributed by atoms with Gasteiger partial charge in [0.25, 0.3) is 0 Å². The van der Waals surface area contributed by atoms with Crippen molar-refractivity contribution >= 4 is 17.5 Å². The minimum atomic E-state index is -0.421. The number of fused-ring (bicyclic) bond motifs is 1. The van der Waals surface area contributed by atoms with Gasteiger partial charge in [0.2, 0.25) is 5.71 Å². The number of carbonyl (C=O) groups excluding carboxylic acids is 2. The minimum Gasteiger partial charge on any atom is -0.314 e. The van der Waals surface area contributed by atoms with Gasteiger partial charge in [0, 0.05) is 12.6 Å². The minimum absolute atomic E-state index is 0.0832. The van der Waals surface area contributed by atoms with E-state index in [1.165, 1.54) is 0 Å². The Bertz CT molecular complexity index is 432. The molecule has 1 atom stereocenters. The highest BCUT2D eigenvalue weighted by molar-refractivity contribution is 6.34. The summed E-state index contributed by atoms with van der Waals surface area (Å²) in [7, 11) is 0. The molecule has 0 aromatic carbocycles. The molecule has 1 aliphatic heterocycles. The summed E-state index contributed by atoms with van der Waals surface area (Å²) in [6, 6.07) is -0.0832. The molecular formula is C12H15N2O2+. The number of rotatable bonds is 2. The lowest BCUT2D eigenvalue weighted by Crippen LogP contribution is -2.57. The Morgan fingerprint density at radius 1 is 1.31 bits per heavy atom. The van der Waals surface area contributed by atoms with Gasteiger partial charge in [-0.3, -0.25) is 4.79 Å². The summed E-state index contributed by atoms with van der Waals surface area (Å²) >= 11 is 0. The highest BCUT2D eigenvalue weighted by Gasteiger charge is 2.44. The number of hydrogen-bond acceptors (Lipinski definition) is 2. The van der Waals surface area contributed by atoms with Crippen molar-refractivity contribution in [3.63, 3.8) is 0 Å². The van der Waals surface area contributed by atoms with Crippen molar-refractivity contribution in [2.45, 2.75) is 19.9 Å². The Labute approximate surface area is 94.6 Å². The molecule has 2 aliphatic rings. The van der Waals surface area contributed by atoms with Crippen LogP contribution in [0.25, 0.3) is 0 Å². The van der Waals surface area contributed by atoms with E-state index < -0.39 is 11.8 Å². The maximum Gasteiger partial charge on any atom is 0.477 e. The van der Waals surface area contributed by atoms with E-state index >= 15 is 0 Å². The first kappa shape index (κ1) is 10.8. The molecule has 0 bridgehead atoms. The second-order valence-electron chi connectivity index (χ2n) is 3.75. The molecule has 2 rings (SSSR count). The number of allylic oxidation sites excluding steroid dienone is 2. The van der Waals surface area contributed by atoms with Crippen LogP contribution in [0.1, 0.15) is 13.8 Å². The molecule has 1 unspecified atom stereocenters. The monoisotopic (exact) mass is 219 g/mol. The van der Waals surface area contributed by atoms with Crippen LogP contribution in [0.2, 0.25) is 0 Å². The summed E-state index contributed by atoms with van der Waals surface area (Å²) in [5.74, 6) is -0.825. The molecule has 0 aromatic rings. The number of likely N-dealkylation sites (N-methyl/N-ethyl adjacent to an activating group) is 2. The van der Waals surface area contributed by atoms with E-state index in [0.29, 0.717) is 13.1 Å². The Morgan fingerprint density at radius 2 is 2.06 bits per heavy atom. The van der Waals surface area contributed by atoms with Crippen molar-refractivity contribution < 1.29 is 14.2 Å². The van der Waals surface area contributed by atoms with E-state index in [4.69, 9.17) is 0 Å². The van der Waals surface area contributed by atoms with E-state index in [0.717, 1.165) is 5.71 Å². The van der Waals surface area contributed by atoms with Gasteiger partial charge in [0.05, 0.1) is 0 Å². The van der Waals surface area contributed by atoms with Crippen molar-refractivity contribution in [1.29, 1.82) is 0 Å². The predicted octanol–water partition coefficient (Wildman–Crippen LogP) is 0.343. The molecule has 1 heterocycles. The van der Waals surface area contributed by atoms with Gasteiger partial charge in [0.1, 0.15) is 12.6 Å². The van der Waals surface area contributed by atoms with Crippen molar-refractivity contribution in [2.24, 2.45) is 0 Å². The van der Waals surface area contributed by atoms with Crippen LogP contribution in [0.15, 0.2) is 24.3 Å². The Kier molecular flexibility index (Phi) is 2.73. The highest BCUT2D eigenvalue weighted by atomic mass is 16.2. The zero-order valence-corrected chi connectivity index (χ0v) is 9.51. The van der Waals surface area contributed by atoms with Crippen molar-refractivity contribution in [1.82, 2.24) is 4.90 Å². The van der Waals surface area contributed by atoms with Gasteiger partial charge >= 0.3 is 11.8 Å². The fraction of sp³-hybridized carbons (Fsp3) is 0.417. The third-order valence-corrected chi connectivity index (χ3v) is 2.97. The first-order valence-corrected chi connectivity index (χ1v) is 5.54. The van der Waals surface area contributed by atoms with Crippen LogP contribution in [-0.4, -0.2) is 46.1 Å². The molecule has 0 N–H and O–H groups in total. The lowest BCUT2D eigenvalue weighted by molar-refractivity contribution is -0.444. The molecule has 0 fully saturated rings. The van der Waals surface area contributed by atoms with Gasteiger partial charge in [-0.2, -0.15) is 4.58 Å². The zero-order valence-electron chi connectivity index (χ0n) is 9.51. The molecule has 2 amide bonds. The van der Waals surface area contributed by atoms with Gasteiger partial charge in [-0.25, -0.2) is 4.79 Å². The Morgan fingerprint density at radius 3 is 2.69 bits per heavy atom. The summed E-state index contributed by atoms with van der Waals surface area (Å²) in [6.45, 7) is 4.85. The standard InChI is InChI=1S/C12H15N2O2/c1-3-13-9-7-5-6-8-10(9)14(4-2)12(16)11(13)15/h5-9H,3-4H2,1-2H3/q+1. The SMILES string of the molecule is CCN1C(=O)C(=O)[N+](CC)=C2C=CC=CC21. The highest BCUT2D eigenvalue weighted by Crippen LogP contribution is 2.15. The largest absolute Gasteiger partial charge is 0.477 e. The Hall–Kier alpha value is -1.71. The van der Waals surface area contributed by atoms with Crippen LogP contribution in [0.3, 0.4) is 0 Å². The maximum absolute atomic E-state index is 11.8. The Balaban J connectivity index is 2.55. The lowest BCUT2D eigenvalue weighted by atomic mass is 10.0. The molecule has 0 saturated heterocycles. The second kappa shape index (κ2) is 4.04. The molecule has 0 aromatic heterocycles. The third-order valence-electron chi connectivity index (χ3n) is 2.97. The fourth-order valence-corrected chi connectivity index (χ4v) is 2.18. The molecule has 1 aliphatic carbocycles. The summed E-state index contributed by atoms with van der Waals surface area (Å²) in [4.78, 5) is 25.3. The van der Waals surface area contributed by atoms with Gasteiger partial charge in [0.15, 0.2) is 0 Å². The number of amides is 2. The van der Waals surface area contributed by atoms with Crippen molar-refractivity contribution in [3.8, 4) is 0 Å². The summed E-state index contributed by atoms with van der Waals surface area (Å²) in [6.07, 6.45) is 7.66. The third kappa shape index (κ3) is 1.41. The van der Waals surface area contributed by atoms with Crippen molar-refractivity contribution in [3.05, 3.63) is 24.3 Å². The molecule has 84 valence electrons. The summed E-state index contributed by atoms with van der Waals surface area (Å²) in [5, 5.41) is 0. The molecule has 4 heteroatoms. The van der Waals surface area contributed by atoms with Gasteiger partial charge < -0.3 is 4.90 Å². The van der Waals surface area contributed by atoms with E-state index in [2.05, 4.69) is 0 Å². The number of nitrogens with zero attached hydrogens (tertiary/aromatic N) is 2. The van der Waals surface area contributed by atoms with E-state index in [1.807, 2.05) is 38.2 Å². The molecule has 0 radical (unpaired) electrons. The lowest BCUT2D eigenvalue weighted by Gasteiger charge is -2.30. The average molecular weight is 219 g/mol. The quantitative estimate of drug-likeness (QED) is 0.496. The van der Waals surface area contributed by atoms with E-state index in [9.17, 15) is 9.59 Å². The van der Waals surface area contributed by atoms with Crippen LogP contribution in [0.5, 0.6) is 0 Å². The molecular weight excluding hydrogens is 204 g/mol. The summed E-state index contributed by atoms with van der Waals surface area (Å²) < 4.78 is 1.55. The second-order valence-corrected chi connectivity index (χ2v) is 3.75. The van der Waals surface area contributed by atoms with Crippen LogP contribution >= 0.6 is 0 Å². The van der Waals surface area contributed by atoms with Crippen LogP contribution < -0.4 is 0 Å². The first-order valence-electron chi connectivity index (χ1n) is 5.54. The topological polar surface area (TPSA) is 40.4 Å². The predicted molar refractivity (Wildman–Crippen MR) is 60.3 cm³/mol. The van der Waals surface area contributed by atoms with Gasteiger partial charge in [-0.1, -0.05) is 18.2 Å². The molecule has 4 nitrogen and oxygen atoms in total. The number of carbonyl (C=O) groups is 2. The molecule has 0 saturated carbocycles. The van der Waals surface area contributed by atoms with Crippen LogP contribution in [0.4, 0.5) is 0 Å². The molecule has 16 heavy (non-hydrogen) atoms. The van der Waals surface area contributed by atoms with Crippen molar-refractivity contribution in [2.75, 3.05) is 13.1 Å². The first-order chi connectivity index (χ1) is 7.70. The van der Waals surface area contributed by atoms with E-state index in [-0.39, 0.29) is 6.04 Å². The normalized spacial score (nSPS) is 24.1. The maximum atomic E-state index is 11.8. The number of hydrogen-bond donors (Lipinski definition) is 0. The zero-order chi connectivity index (χ0) is 11.7. The van der Waals surface area contributed by atoms with Gasteiger partial charge in [-0.15, -0.1) is 0 Å². The van der Waals surface area contributed by atoms with Crippen LogP contribution in [0, 0.1) is 0 Å². The fourth-order valence-electron chi connectivity index (χ4n) is 2.18. The molecule has 0 spiro atoms. The smallest absolute Gasteiger partial charge is 0.314 e. The van der Waals surface area contributed by atoms with E-state index in [1.54, 1.807) is 9.48 Å². The van der Waals surface area contributed by atoms with Crippen LogP contribution in [-0.2, 0) is 9.59 Å². The average Bonchev–Trinajstić information content (AvgIpc) is 2.31.